The maximum absolute atomic E-state index is 11.7. The summed E-state index contributed by atoms with van der Waals surface area (Å²) in [6.07, 6.45) is 0. The lowest BCUT2D eigenvalue weighted by Crippen LogP contribution is -2.29. The molecule has 0 saturated carbocycles. The Morgan fingerprint density at radius 2 is 2.00 bits per heavy atom. The van der Waals surface area contributed by atoms with Crippen molar-refractivity contribution in [2.75, 3.05) is 6.54 Å². The number of carbonyl (C=O) groups excluding carboxylic acids is 1. The summed E-state index contributed by atoms with van der Waals surface area (Å²) < 4.78 is 0. The van der Waals surface area contributed by atoms with Gasteiger partial charge in [-0.1, -0.05) is 18.2 Å². The monoisotopic (exact) mass is 186 g/mol. The molecular weight excluding hydrogens is 176 g/mol. The van der Waals surface area contributed by atoms with Crippen LogP contribution in [0.1, 0.15) is 16.1 Å². The fourth-order valence-corrected chi connectivity index (χ4v) is 2.04. The predicted octanol–water partition coefficient (Wildman–Crippen LogP) is 1.45. The zero-order chi connectivity index (χ0) is 9.54. The molecule has 0 radical (unpaired) electrons. The average Bonchev–Trinajstić information content (AvgIpc) is 2.57. The average molecular weight is 186 g/mol. The second kappa shape index (κ2) is 2.69. The molecule has 2 N–H and O–H groups in total. The number of benzene rings is 1. The van der Waals surface area contributed by atoms with Crippen molar-refractivity contribution in [1.82, 2.24) is 10.3 Å². The minimum absolute atomic E-state index is 0.184. The Morgan fingerprint density at radius 1 is 1.14 bits per heavy atom. The molecule has 3 nitrogen and oxygen atoms in total. The number of fused-ring (bicyclic) bond motifs is 3. The number of Topliss-reactive ketones (excluding diaryl/α,β-unsaturated/α-hetero) is 1. The number of rotatable bonds is 0. The van der Waals surface area contributed by atoms with Crippen molar-refractivity contribution in [3.05, 3.63) is 35.5 Å². The van der Waals surface area contributed by atoms with Crippen molar-refractivity contribution in [3.8, 4) is 0 Å². The van der Waals surface area contributed by atoms with Gasteiger partial charge in [-0.05, 0) is 6.07 Å². The second-order valence-corrected chi connectivity index (χ2v) is 3.55. The number of hydrogen-bond acceptors (Lipinski definition) is 2. The van der Waals surface area contributed by atoms with Gasteiger partial charge in [-0.15, -0.1) is 0 Å². The summed E-state index contributed by atoms with van der Waals surface area (Å²) in [5, 5.41) is 4.12. The number of para-hydroxylation sites is 1. The maximum Gasteiger partial charge on any atom is 0.179 e. The van der Waals surface area contributed by atoms with Crippen LogP contribution in [0.5, 0.6) is 0 Å². The Labute approximate surface area is 81.1 Å². The predicted molar refractivity (Wildman–Crippen MR) is 54.3 cm³/mol. The van der Waals surface area contributed by atoms with E-state index in [-0.39, 0.29) is 5.78 Å². The lowest BCUT2D eigenvalue weighted by molar-refractivity contribution is 0.0984. The SMILES string of the molecule is O=C1CNCc2[nH]c3ccccc3c21. The van der Waals surface area contributed by atoms with Crippen LogP contribution in [0.4, 0.5) is 0 Å². The third-order valence-corrected chi connectivity index (χ3v) is 2.65. The number of nitrogens with one attached hydrogen (secondary N) is 2. The summed E-state index contributed by atoms with van der Waals surface area (Å²) in [5.74, 6) is 0.184. The van der Waals surface area contributed by atoms with Gasteiger partial charge in [0.2, 0.25) is 0 Å². The van der Waals surface area contributed by atoms with Crippen LogP contribution in [0, 0.1) is 0 Å². The summed E-state index contributed by atoms with van der Waals surface area (Å²) in [7, 11) is 0. The van der Waals surface area contributed by atoms with E-state index in [9.17, 15) is 4.79 Å². The summed E-state index contributed by atoms with van der Waals surface area (Å²) in [6.45, 7) is 1.21. The van der Waals surface area contributed by atoms with Gasteiger partial charge >= 0.3 is 0 Å². The second-order valence-electron chi connectivity index (χ2n) is 3.55. The smallest absolute Gasteiger partial charge is 0.179 e. The van der Waals surface area contributed by atoms with Crippen LogP contribution < -0.4 is 5.32 Å². The van der Waals surface area contributed by atoms with E-state index in [4.69, 9.17) is 0 Å². The minimum atomic E-state index is 0.184. The van der Waals surface area contributed by atoms with Gasteiger partial charge in [-0.25, -0.2) is 0 Å². The van der Waals surface area contributed by atoms with Crippen LogP contribution in [0.15, 0.2) is 24.3 Å². The zero-order valence-electron chi connectivity index (χ0n) is 7.63. The van der Waals surface area contributed by atoms with Gasteiger partial charge < -0.3 is 10.3 Å². The summed E-state index contributed by atoms with van der Waals surface area (Å²) in [4.78, 5) is 14.9. The van der Waals surface area contributed by atoms with Gasteiger partial charge in [-0.3, -0.25) is 4.79 Å². The molecular formula is C11H10N2O. The molecule has 0 amide bonds. The number of aromatic amines is 1. The molecule has 1 aliphatic rings. The fraction of sp³-hybridized carbons (Fsp3) is 0.182. The first-order valence-electron chi connectivity index (χ1n) is 4.70. The zero-order valence-corrected chi connectivity index (χ0v) is 7.63. The number of carbonyl (C=O) groups is 1. The standard InChI is InChI=1S/C11H10N2O/c14-10-6-12-5-9-11(10)7-3-1-2-4-8(7)13-9/h1-4,12-13H,5-6H2. The van der Waals surface area contributed by atoms with E-state index in [2.05, 4.69) is 10.3 Å². The van der Waals surface area contributed by atoms with Gasteiger partial charge in [0, 0.05) is 28.7 Å². The largest absolute Gasteiger partial charge is 0.357 e. The van der Waals surface area contributed by atoms with Crippen molar-refractivity contribution in [2.24, 2.45) is 0 Å². The molecule has 0 atom stereocenters. The van der Waals surface area contributed by atoms with Crippen molar-refractivity contribution < 1.29 is 4.79 Å². The summed E-state index contributed by atoms with van der Waals surface area (Å²) in [5.41, 5.74) is 2.94. The first-order chi connectivity index (χ1) is 6.86. The van der Waals surface area contributed by atoms with Crippen LogP contribution in [0.3, 0.4) is 0 Å². The van der Waals surface area contributed by atoms with E-state index in [0.29, 0.717) is 6.54 Å². The lowest BCUT2D eigenvalue weighted by Gasteiger charge is -2.11. The van der Waals surface area contributed by atoms with Crippen molar-refractivity contribution in [3.63, 3.8) is 0 Å². The summed E-state index contributed by atoms with van der Waals surface area (Å²) in [6, 6.07) is 7.93. The third kappa shape index (κ3) is 0.930. The normalized spacial score (nSPS) is 15.9. The Hall–Kier alpha value is -1.61. The molecule has 0 aliphatic carbocycles. The number of ketones is 1. The topological polar surface area (TPSA) is 44.9 Å². The van der Waals surface area contributed by atoms with Crippen LogP contribution in [-0.2, 0) is 6.54 Å². The lowest BCUT2D eigenvalue weighted by atomic mass is 10.0. The van der Waals surface area contributed by atoms with Crippen molar-refractivity contribution in [1.29, 1.82) is 0 Å². The van der Waals surface area contributed by atoms with E-state index in [1.165, 1.54) is 0 Å². The van der Waals surface area contributed by atoms with Crippen LogP contribution in [0.25, 0.3) is 10.9 Å². The Balaban J connectivity index is 2.39. The number of aromatic nitrogens is 1. The highest BCUT2D eigenvalue weighted by Gasteiger charge is 2.21. The van der Waals surface area contributed by atoms with Gasteiger partial charge in [0.1, 0.15) is 0 Å². The van der Waals surface area contributed by atoms with E-state index in [0.717, 1.165) is 28.7 Å². The van der Waals surface area contributed by atoms with Crippen LogP contribution >= 0.6 is 0 Å². The molecule has 1 aliphatic heterocycles. The molecule has 2 aromatic rings. The molecule has 0 saturated heterocycles. The molecule has 70 valence electrons. The maximum atomic E-state index is 11.7. The summed E-state index contributed by atoms with van der Waals surface area (Å²) >= 11 is 0. The van der Waals surface area contributed by atoms with Gasteiger partial charge in [-0.2, -0.15) is 0 Å². The van der Waals surface area contributed by atoms with Crippen LogP contribution in [0.2, 0.25) is 0 Å². The first kappa shape index (κ1) is 7.76. The van der Waals surface area contributed by atoms with Crippen LogP contribution in [-0.4, -0.2) is 17.3 Å². The van der Waals surface area contributed by atoms with Gasteiger partial charge in [0.25, 0.3) is 0 Å². The van der Waals surface area contributed by atoms with E-state index in [1.54, 1.807) is 0 Å². The number of H-pyrrole nitrogens is 1. The molecule has 3 rings (SSSR count). The van der Waals surface area contributed by atoms with Crippen molar-refractivity contribution >= 4 is 16.7 Å². The highest BCUT2D eigenvalue weighted by atomic mass is 16.1. The third-order valence-electron chi connectivity index (χ3n) is 2.65. The minimum Gasteiger partial charge on any atom is -0.357 e. The molecule has 1 aromatic heterocycles. The van der Waals surface area contributed by atoms with E-state index in [1.807, 2.05) is 24.3 Å². The van der Waals surface area contributed by atoms with Gasteiger partial charge in [0.15, 0.2) is 5.78 Å². The van der Waals surface area contributed by atoms with Gasteiger partial charge in [0.05, 0.1) is 6.54 Å². The molecule has 0 fully saturated rings. The quantitative estimate of drug-likeness (QED) is 0.654. The molecule has 2 heterocycles. The molecule has 0 spiro atoms. The first-order valence-corrected chi connectivity index (χ1v) is 4.70. The molecule has 0 unspecified atom stereocenters. The van der Waals surface area contributed by atoms with E-state index < -0.39 is 0 Å². The molecule has 1 aromatic carbocycles. The Bertz CT molecular complexity index is 513. The molecule has 14 heavy (non-hydrogen) atoms. The number of hydrogen-bond donors (Lipinski definition) is 2. The highest BCUT2D eigenvalue weighted by Crippen LogP contribution is 2.24. The Morgan fingerprint density at radius 3 is 2.93 bits per heavy atom. The van der Waals surface area contributed by atoms with Crippen molar-refractivity contribution in [2.45, 2.75) is 6.54 Å². The molecule has 0 bridgehead atoms. The molecule has 3 heteroatoms. The Kier molecular flexibility index (Phi) is 1.49. The fourth-order valence-electron chi connectivity index (χ4n) is 2.04. The highest BCUT2D eigenvalue weighted by molar-refractivity contribution is 6.10. The van der Waals surface area contributed by atoms with E-state index >= 15 is 0 Å².